The lowest BCUT2D eigenvalue weighted by atomic mass is 9.70. The van der Waals surface area contributed by atoms with Gasteiger partial charge >= 0.3 is 5.90 Å². The van der Waals surface area contributed by atoms with Crippen LogP contribution in [0.4, 0.5) is 0 Å². The van der Waals surface area contributed by atoms with Gasteiger partial charge in [0.15, 0.2) is 11.6 Å². The molecule has 0 radical (unpaired) electrons. The van der Waals surface area contributed by atoms with Gasteiger partial charge in [-0.2, -0.15) is 4.58 Å². The Labute approximate surface area is 135 Å². The summed E-state index contributed by atoms with van der Waals surface area (Å²) >= 11 is 0. The normalized spacial score (nSPS) is 32.5. The summed E-state index contributed by atoms with van der Waals surface area (Å²) in [6.07, 6.45) is 0. The number of ether oxygens (including phenoxy) is 1. The number of nitrogens with zero attached hydrogens (tertiary/aromatic N) is 1. The van der Waals surface area contributed by atoms with Crippen molar-refractivity contribution in [2.45, 2.75) is 78.0 Å². The molecule has 1 aromatic rings. The molecule has 0 saturated carbocycles. The first kappa shape index (κ1) is 15.6. The fourth-order valence-corrected chi connectivity index (χ4v) is 4.81. The zero-order chi connectivity index (χ0) is 16.5. The molecule has 0 unspecified atom stereocenters. The molecule has 1 aromatic carbocycles. The van der Waals surface area contributed by atoms with Crippen LogP contribution in [0.5, 0.6) is 0 Å². The molecule has 2 atom stereocenters. The van der Waals surface area contributed by atoms with Crippen molar-refractivity contribution in [3.8, 4) is 0 Å². The van der Waals surface area contributed by atoms with E-state index in [-0.39, 0.29) is 16.6 Å². The smallest absolute Gasteiger partial charge is 0.340 e. The first-order valence-corrected chi connectivity index (χ1v) is 8.54. The summed E-state index contributed by atoms with van der Waals surface area (Å²) in [4.78, 5) is 0. The predicted molar refractivity (Wildman–Crippen MR) is 91.6 cm³/mol. The van der Waals surface area contributed by atoms with Crippen LogP contribution in [0.1, 0.15) is 66.5 Å². The Hall–Kier alpha value is -1.31. The van der Waals surface area contributed by atoms with E-state index >= 15 is 0 Å². The Morgan fingerprint density at radius 2 is 1.45 bits per heavy atom. The van der Waals surface area contributed by atoms with Gasteiger partial charge in [0.2, 0.25) is 5.54 Å². The standard InChI is InChI=1S/C20H30NO/c1-13(2)17-21(14(3)4)19(7)16-12-10-9-11-15(16)18(5,6)20(19,8)22-17/h9-14H,1-8H3/q+1/t19-,20+/m1/s1. The van der Waals surface area contributed by atoms with Crippen LogP contribution in [0.3, 0.4) is 0 Å². The maximum Gasteiger partial charge on any atom is 0.340 e. The summed E-state index contributed by atoms with van der Waals surface area (Å²) in [7, 11) is 0. The third kappa shape index (κ3) is 1.49. The van der Waals surface area contributed by atoms with E-state index in [9.17, 15) is 0 Å². The molecule has 0 aromatic heterocycles. The second kappa shape index (κ2) is 4.37. The first-order valence-electron chi connectivity index (χ1n) is 8.54. The predicted octanol–water partition coefficient (Wildman–Crippen LogP) is 4.46. The second-order valence-corrected chi connectivity index (χ2v) is 8.33. The van der Waals surface area contributed by atoms with Crippen LogP contribution in [0.25, 0.3) is 0 Å². The highest BCUT2D eigenvalue weighted by Crippen LogP contribution is 2.61. The summed E-state index contributed by atoms with van der Waals surface area (Å²) in [5.41, 5.74) is 2.44. The minimum Gasteiger partial charge on any atom is -0.433 e. The van der Waals surface area contributed by atoms with Crippen LogP contribution < -0.4 is 0 Å². The van der Waals surface area contributed by atoms with E-state index in [0.29, 0.717) is 12.0 Å². The largest absolute Gasteiger partial charge is 0.433 e. The van der Waals surface area contributed by atoms with E-state index in [2.05, 4.69) is 84.2 Å². The summed E-state index contributed by atoms with van der Waals surface area (Å²) < 4.78 is 9.28. The third-order valence-corrected chi connectivity index (χ3v) is 6.28. The van der Waals surface area contributed by atoms with Gasteiger partial charge in [-0.25, -0.2) is 0 Å². The summed E-state index contributed by atoms with van der Waals surface area (Å²) in [5, 5.41) is 0. The Morgan fingerprint density at radius 1 is 0.909 bits per heavy atom. The highest BCUT2D eigenvalue weighted by atomic mass is 16.5. The van der Waals surface area contributed by atoms with Gasteiger partial charge in [-0.15, -0.1) is 0 Å². The van der Waals surface area contributed by atoms with E-state index in [0.717, 1.165) is 5.90 Å². The van der Waals surface area contributed by atoms with Gasteiger partial charge < -0.3 is 4.74 Å². The lowest BCUT2D eigenvalue weighted by Gasteiger charge is -2.39. The Morgan fingerprint density at radius 3 is 1.95 bits per heavy atom. The lowest BCUT2D eigenvalue weighted by molar-refractivity contribution is -0.640. The molecule has 2 nitrogen and oxygen atoms in total. The van der Waals surface area contributed by atoms with Crippen molar-refractivity contribution in [3.05, 3.63) is 35.4 Å². The van der Waals surface area contributed by atoms with Crippen molar-refractivity contribution < 1.29 is 9.31 Å². The molecule has 0 spiro atoms. The molecular formula is C20H30NO+. The van der Waals surface area contributed by atoms with Crippen LogP contribution in [-0.4, -0.2) is 22.1 Å². The monoisotopic (exact) mass is 300 g/mol. The number of hydrogen-bond donors (Lipinski definition) is 0. The minimum atomic E-state index is -0.256. The highest BCUT2D eigenvalue weighted by molar-refractivity contribution is 5.77. The number of benzene rings is 1. The molecule has 1 aliphatic carbocycles. The molecule has 0 N–H and O–H groups in total. The summed E-state index contributed by atoms with van der Waals surface area (Å²) in [6, 6.07) is 9.30. The van der Waals surface area contributed by atoms with Gasteiger partial charge in [-0.05, 0) is 40.2 Å². The molecule has 1 aliphatic heterocycles. The van der Waals surface area contributed by atoms with E-state index in [1.54, 1.807) is 0 Å². The van der Waals surface area contributed by atoms with Gasteiger partial charge in [-0.1, -0.05) is 38.1 Å². The quantitative estimate of drug-likeness (QED) is 0.735. The lowest BCUT2D eigenvalue weighted by Crippen LogP contribution is -2.56. The highest BCUT2D eigenvalue weighted by Gasteiger charge is 2.75. The van der Waals surface area contributed by atoms with Crippen molar-refractivity contribution in [3.63, 3.8) is 0 Å². The molecule has 0 saturated heterocycles. The molecule has 2 heteroatoms. The van der Waals surface area contributed by atoms with Crippen LogP contribution >= 0.6 is 0 Å². The average molecular weight is 300 g/mol. The van der Waals surface area contributed by atoms with Gasteiger partial charge in [0.1, 0.15) is 0 Å². The fourth-order valence-electron chi connectivity index (χ4n) is 4.81. The van der Waals surface area contributed by atoms with Crippen molar-refractivity contribution in [2.75, 3.05) is 0 Å². The van der Waals surface area contributed by atoms with Gasteiger partial charge in [0.25, 0.3) is 0 Å². The molecule has 2 aliphatic rings. The molecule has 0 fully saturated rings. The topological polar surface area (TPSA) is 12.2 Å². The number of rotatable bonds is 2. The van der Waals surface area contributed by atoms with E-state index < -0.39 is 0 Å². The summed E-state index contributed by atoms with van der Waals surface area (Å²) in [6.45, 7) is 18.4. The molecular weight excluding hydrogens is 270 g/mol. The van der Waals surface area contributed by atoms with Crippen LogP contribution in [-0.2, 0) is 15.7 Å². The summed E-state index contributed by atoms with van der Waals surface area (Å²) in [5.74, 6) is 1.53. The van der Waals surface area contributed by atoms with Gasteiger partial charge in [-0.3, -0.25) is 0 Å². The molecule has 120 valence electrons. The average Bonchev–Trinajstić information content (AvgIpc) is 2.76. The SMILES string of the molecule is CC(C)C1=[N+](C(C)C)[C@]2(C)c3ccccc3C(C)(C)[C@]2(C)O1. The first-order chi connectivity index (χ1) is 10.1. The van der Waals surface area contributed by atoms with Crippen molar-refractivity contribution in [1.82, 2.24) is 0 Å². The van der Waals surface area contributed by atoms with Crippen LogP contribution in [0.15, 0.2) is 24.3 Å². The Bertz CT molecular complexity index is 655. The van der Waals surface area contributed by atoms with Crippen molar-refractivity contribution in [1.29, 1.82) is 0 Å². The van der Waals surface area contributed by atoms with E-state index in [1.165, 1.54) is 11.1 Å². The Kier molecular flexibility index (Phi) is 3.09. The molecule has 1 heterocycles. The number of hydrogen-bond acceptors (Lipinski definition) is 1. The fraction of sp³-hybridized carbons (Fsp3) is 0.650. The van der Waals surface area contributed by atoms with E-state index in [1.807, 2.05) is 0 Å². The maximum atomic E-state index is 6.75. The minimum absolute atomic E-state index is 0.0257. The molecule has 22 heavy (non-hydrogen) atoms. The Balaban J connectivity index is 2.37. The molecule has 0 bridgehead atoms. The van der Waals surface area contributed by atoms with Crippen molar-refractivity contribution >= 4 is 5.90 Å². The van der Waals surface area contributed by atoms with Gasteiger partial charge in [0.05, 0.1) is 5.92 Å². The maximum absolute atomic E-state index is 6.75. The second-order valence-electron chi connectivity index (χ2n) is 8.33. The third-order valence-electron chi connectivity index (χ3n) is 6.28. The van der Waals surface area contributed by atoms with E-state index in [4.69, 9.17) is 4.74 Å². The number of fused-ring (bicyclic) bond motifs is 3. The van der Waals surface area contributed by atoms with Gasteiger partial charge in [0, 0.05) is 17.9 Å². The zero-order valence-electron chi connectivity index (χ0n) is 15.3. The zero-order valence-corrected chi connectivity index (χ0v) is 15.3. The van der Waals surface area contributed by atoms with Crippen molar-refractivity contribution in [2.24, 2.45) is 5.92 Å². The molecule has 3 rings (SSSR count). The molecule has 0 amide bonds. The van der Waals surface area contributed by atoms with Crippen LogP contribution in [0.2, 0.25) is 0 Å². The van der Waals surface area contributed by atoms with Crippen LogP contribution in [0, 0.1) is 5.92 Å².